The highest BCUT2D eigenvalue weighted by atomic mass is 35.5. The maximum atomic E-state index is 13.5. The lowest BCUT2D eigenvalue weighted by atomic mass is 10.1. The van der Waals surface area contributed by atoms with Crippen molar-refractivity contribution in [3.8, 4) is 6.07 Å². The van der Waals surface area contributed by atoms with E-state index < -0.39 is 5.82 Å². The minimum absolute atomic E-state index is 0.0599. The third-order valence-corrected chi connectivity index (χ3v) is 3.36. The first-order valence-corrected chi connectivity index (χ1v) is 6.20. The zero-order valence-electron chi connectivity index (χ0n) is 9.97. The molecule has 0 radical (unpaired) electrons. The molecule has 96 valence electrons. The Morgan fingerprint density at radius 3 is 2.58 bits per heavy atom. The van der Waals surface area contributed by atoms with Crippen molar-refractivity contribution in [3.05, 3.63) is 57.3 Å². The second-order valence-corrected chi connectivity index (χ2v) is 4.79. The molecule has 2 aromatic carbocycles. The van der Waals surface area contributed by atoms with Crippen LogP contribution in [0.3, 0.4) is 0 Å². The molecule has 1 N–H and O–H groups in total. The molecule has 0 aliphatic carbocycles. The summed E-state index contributed by atoms with van der Waals surface area (Å²) in [6, 6.07) is 9.51. The van der Waals surface area contributed by atoms with Gasteiger partial charge in [0.15, 0.2) is 0 Å². The van der Waals surface area contributed by atoms with Crippen molar-refractivity contribution in [1.29, 1.82) is 5.26 Å². The van der Waals surface area contributed by atoms with Gasteiger partial charge in [-0.1, -0.05) is 29.3 Å². The van der Waals surface area contributed by atoms with Gasteiger partial charge in [-0.05, 0) is 36.8 Å². The molecule has 0 saturated heterocycles. The molecule has 0 heterocycles. The summed E-state index contributed by atoms with van der Waals surface area (Å²) >= 11 is 12.1. The Balaban J connectivity index is 2.45. The molecule has 0 bridgehead atoms. The van der Waals surface area contributed by atoms with Gasteiger partial charge in [0, 0.05) is 5.02 Å². The van der Waals surface area contributed by atoms with Crippen molar-refractivity contribution in [3.63, 3.8) is 0 Å². The summed E-state index contributed by atoms with van der Waals surface area (Å²) in [6.07, 6.45) is 0. The molecule has 0 aliphatic heterocycles. The Morgan fingerprint density at radius 2 is 1.89 bits per heavy atom. The average molecular weight is 295 g/mol. The number of anilines is 2. The highest BCUT2D eigenvalue weighted by molar-refractivity contribution is 6.35. The van der Waals surface area contributed by atoms with Gasteiger partial charge in [0.05, 0.1) is 16.4 Å². The number of nitrogens with zero attached hydrogens (tertiary/aromatic N) is 1. The molecule has 5 heteroatoms. The van der Waals surface area contributed by atoms with Gasteiger partial charge in [0.1, 0.15) is 17.4 Å². The van der Waals surface area contributed by atoms with Gasteiger partial charge in [0.25, 0.3) is 0 Å². The number of aryl methyl sites for hydroxylation is 1. The summed E-state index contributed by atoms with van der Waals surface area (Å²) in [5.41, 5.74) is 1.66. The summed E-state index contributed by atoms with van der Waals surface area (Å²) in [6.45, 7) is 1.83. The van der Waals surface area contributed by atoms with E-state index in [1.54, 1.807) is 18.2 Å². The van der Waals surface area contributed by atoms with E-state index in [-0.39, 0.29) is 5.56 Å². The maximum Gasteiger partial charge on any atom is 0.143 e. The van der Waals surface area contributed by atoms with E-state index in [0.29, 0.717) is 21.4 Å². The molecule has 0 saturated carbocycles. The van der Waals surface area contributed by atoms with Crippen molar-refractivity contribution in [2.75, 3.05) is 5.32 Å². The van der Waals surface area contributed by atoms with Crippen molar-refractivity contribution >= 4 is 34.6 Å². The number of nitrogens with one attached hydrogen (secondary N) is 1. The van der Waals surface area contributed by atoms with Crippen LogP contribution in [0.15, 0.2) is 30.3 Å². The second-order valence-electron chi connectivity index (χ2n) is 3.98. The summed E-state index contributed by atoms with van der Waals surface area (Å²) in [7, 11) is 0. The molecular formula is C14H9Cl2FN2. The van der Waals surface area contributed by atoms with Crippen molar-refractivity contribution < 1.29 is 4.39 Å². The van der Waals surface area contributed by atoms with Crippen LogP contribution in [0.25, 0.3) is 0 Å². The SMILES string of the molecule is Cc1cc(Cl)c(Nc2cccc(F)c2C#N)cc1Cl. The molecular weight excluding hydrogens is 286 g/mol. The van der Waals surface area contributed by atoms with Crippen molar-refractivity contribution in [1.82, 2.24) is 0 Å². The van der Waals surface area contributed by atoms with E-state index >= 15 is 0 Å². The van der Waals surface area contributed by atoms with Gasteiger partial charge >= 0.3 is 0 Å². The molecule has 0 amide bonds. The van der Waals surface area contributed by atoms with E-state index in [9.17, 15) is 4.39 Å². The molecule has 2 nitrogen and oxygen atoms in total. The lowest BCUT2D eigenvalue weighted by molar-refractivity contribution is 0.624. The van der Waals surface area contributed by atoms with Crippen LogP contribution in [-0.2, 0) is 0 Å². The Morgan fingerprint density at radius 1 is 1.16 bits per heavy atom. The van der Waals surface area contributed by atoms with Gasteiger partial charge in [-0.2, -0.15) is 5.26 Å². The zero-order chi connectivity index (χ0) is 14.0. The standard InChI is InChI=1S/C14H9Cl2FN2/c1-8-5-11(16)14(6-10(8)15)19-13-4-2-3-12(17)9(13)7-18/h2-6,19H,1H3. The molecule has 2 rings (SSSR count). The number of rotatable bonds is 2. The van der Waals surface area contributed by atoms with Crippen LogP contribution < -0.4 is 5.32 Å². The zero-order valence-corrected chi connectivity index (χ0v) is 11.5. The van der Waals surface area contributed by atoms with Crippen molar-refractivity contribution in [2.24, 2.45) is 0 Å². The lowest BCUT2D eigenvalue weighted by Gasteiger charge is -2.11. The summed E-state index contributed by atoms with van der Waals surface area (Å²) in [5, 5.41) is 12.9. The van der Waals surface area contributed by atoms with E-state index in [1.807, 2.05) is 13.0 Å². The van der Waals surface area contributed by atoms with Gasteiger partial charge < -0.3 is 5.32 Å². The smallest absolute Gasteiger partial charge is 0.143 e. The minimum Gasteiger partial charge on any atom is -0.353 e. The first-order valence-electron chi connectivity index (χ1n) is 5.44. The lowest BCUT2D eigenvalue weighted by Crippen LogP contribution is -1.97. The number of hydrogen-bond donors (Lipinski definition) is 1. The predicted octanol–water partition coefficient (Wildman–Crippen LogP) is 5.06. The van der Waals surface area contributed by atoms with E-state index in [2.05, 4.69) is 5.32 Å². The quantitative estimate of drug-likeness (QED) is 0.841. The predicted molar refractivity (Wildman–Crippen MR) is 75.6 cm³/mol. The van der Waals surface area contributed by atoms with Crippen LogP contribution in [0.4, 0.5) is 15.8 Å². The Bertz CT molecular complexity index is 678. The summed E-state index contributed by atoms with van der Waals surface area (Å²) in [4.78, 5) is 0. The summed E-state index contributed by atoms with van der Waals surface area (Å²) < 4.78 is 13.5. The topological polar surface area (TPSA) is 35.8 Å². The third-order valence-electron chi connectivity index (χ3n) is 2.64. The van der Waals surface area contributed by atoms with Gasteiger partial charge in [-0.15, -0.1) is 0 Å². The van der Waals surface area contributed by atoms with Crippen LogP contribution >= 0.6 is 23.2 Å². The van der Waals surface area contributed by atoms with E-state index in [1.165, 1.54) is 12.1 Å². The molecule has 0 atom stereocenters. The highest BCUT2D eigenvalue weighted by Gasteiger charge is 2.10. The van der Waals surface area contributed by atoms with Crippen LogP contribution in [0, 0.1) is 24.1 Å². The maximum absolute atomic E-state index is 13.5. The van der Waals surface area contributed by atoms with Crippen LogP contribution in [0.2, 0.25) is 10.0 Å². The van der Waals surface area contributed by atoms with Crippen LogP contribution in [-0.4, -0.2) is 0 Å². The molecule has 0 fully saturated rings. The van der Waals surface area contributed by atoms with Gasteiger partial charge in [-0.25, -0.2) is 4.39 Å². The molecule has 0 unspecified atom stereocenters. The molecule has 0 spiro atoms. The number of benzene rings is 2. The Labute approximate surface area is 120 Å². The van der Waals surface area contributed by atoms with E-state index in [0.717, 1.165) is 5.56 Å². The van der Waals surface area contributed by atoms with Gasteiger partial charge in [-0.3, -0.25) is 0 Å². The monoisotopic (exact) mass is 294 g/mol. The van der Waals surface area contributed by atoms with Gasteiger partial charge in [0.2, 0.25) is 0 Å². The normalized spacial score (nSPS) is 10.1. The second kappa shape index (κ2) is 5.48. The molecule has 0 aliphatic rings. The first kappa shape index (κ1) is 13.7. The fourth-order valence-corrected chi connectivity index (χ4v) is 2.06. The minimum atomic E-state index is -0.582. The fourth-order valence-electron chi connectivity index (χ4n) is 1.63. The molecule has 2 aromatic rings. The third kappa shape index (κ3) is 2.81. The average Bonchev–Trinajstić information content (AvgIpc) is 2.36. The molecule has 19 heavy (non-hydrogen) atoms. The molecule has 0 aromatic heterocycles. The Kier molecular flexibility index (Phi) is 3.94. The largest absolute Gasteiger partial charge is 0.353 e. The van der Waals surface area contributed by atoms with Crippen LogP contribution in [0.1, 0.15) is 11.1 Å². The highest BCUT2D eigenvalue weighted by Crippen LogP contribution is 2.32. The summed E-state index contributed by atoms with van der Waals surface area (Å²) in [5.74, 6) is -0.582. The Hall–Kier alpha value is -1.76. The van der Waals surface area contributed by atoms with Crippen LogP contribution in [0.5, 0.6) is 0 Å². The number of hydrogen-bond acceptors (Lipinski definition) is 2. The fraction of sp³-hybridized carbons (Fsp3) is 0.0714. The van der Waals surface area contributed by atoms with Crippen molar-refractivity contribution in [2.45, 2.75) is 6.92 Å². The number of nitriles is 1. The van der Waals surface area contributed by atoms with E-state index in [4.69, 9.17) is 28.5 Å². The number of halogens is 3. The first-order chi connectivity index (χ1) is 9.02.